The zero-order valence-electron chi connectivity index (χ0n) is 22.9. The molecule has 0 heterocycles. The topological polar surface area (TPSA) is 109 Å². The molecule has 4 aliphatic carbocycles. The Morgan fingerprint density at radius 2 is 1.75 bits per heavy atom. The van der Waals surface area contributed by atoms with Crippen molar-refractivity contribution < 1.29 is 29.4 Å². The molecule has 0 radical (unpaired) electrons. The number of carboxylic acids is 1. The average Bonchev–Trinajstić information content (AvgIpc) is 2.97. The summed E-state index contributed by atoms with van der Waals surface area (Å²) in [6, 6.07) is 0. The molecule has 1 unspecified atom stereocenters. The molecule has 36 heavy (non-hydrogen) atoms. The van der Waals surface area contributed by atoms with Crippen LogP contribution in [0.5, 0.6) is 0 Å². The first-order valence-electron chi connectivity index (χ1n) is 13.4. The van der Waals surface area contributed by atoms with Crippen LogP contribution >= 0.6 is 0 Å². The van der Waals surface area contributed by atoms with Gasteiger partial charge in [0.25, 0.3) is 0 Å². The van der Waals surface area contributed by atoms with Crippen LogP contribution in [0.1, 0.15) is 93.4 Å². The van der Waals surface area contributed by atoms with E-state index in [1.807, 2.05) is 20.8 Å². The predicted molar refractivity (Wildman–Crippen MR) is 136 cm³/mol. The van der Waals surface area contributed by atoms with E-state index in [-0.39, 0.29) is 41.0 Å². The molecule has 2 N–H and O–H groups in total. The van der Waals surface area contributed by atoms with Gasteiger partial charge in [-0.05, 0) is 55.9 Å². The summed E-state index contributed by atoms with van der Waals surface area (Å²) >= 11 is 0. The van der Waals surface area contributed by atoms with Crippen LogP contribution in [0.15, 0.2) is 22.8 Å². The number of rotatable bonds is 5. The van der Waals surface area contributed by atoms with Gasteiger partial charge < -0.3 is 10.2 Å². The first-order valence-corrected chi connectivity index (χ1v) is 13.4. The summed E-state index contributed by atoms with van der Waals surface area (Å²) in [5.74, 6) is -1.65. The van der Waals surface area contributed by atoms with Crippen molar-refractivity contribution >= 4 is 23.3 Å². The Morgan fingerprint density at radius 3 is 2.36 bits per heavy atom. The highest BCUT2D eigenvalue weighted by atomic mass is 16.4. The van der Waals surface area contributed by atoms with Crippen LogP contribution in [0.4, 0.5) is 0 Å². The molecule has 2 saturated carbocycles. The minimum atomic E-state index is -1.00. The third-order valence-electron chi connectivity index (χ3n) is 11.2. The summed E-state index contributed by atoms with van der Waals surface area (Å²) in [4.78, 5) is 50.6. The number of carbonyl (C=O) groups is 4. The molecule has 6 nitrogen and oxygen atoms in total. The fourth-order valence-corrected chi connectivity index (χ4v) is 8.83. The molecule has 7 atom stereocenters. The van der Waals surface area contributed by atoms with E-state index >= 15 is 0 Å². The van der Waals surface area contributed by atoms with Gasteiger partial charge in [0.15, 0.2) is 11.6 Å². The largest absolute Gasteiger partial charge is 0.481 e. The zero-order chi connectivity index (χ0) is 27.0. The van der Waals surface area contributed by atoms with Gasteiger partial charge in [0, 0.05) is 41.1 Å². The van der Waals surface area contributed by atoms with Gasteiger partial charge in [0.1, 0.15) is 5.78 Å². The first-order chi connectivity index (χ1) is 16.5. The Labute approximate surface area is 214 Å². The van der Waals surface area contributed by atoms with E-state index in [0.717, 1.165) is 23.1 Å². The molecule has 198 valence electrons. The summed E-state index contributed by atoms with van der Waals surface area (Å²) in [6.07, 6.45) is 4.25. The highest BCUT2D eigenvalue weighted by Gasteiger charge is 2.68. The monoisotopic (exact) mass is 498 g/mol. The van der Waals surface area contributed by atoms with E-state index in [1.54, 1.807) is 0 Å². The summed E-state index contributed by atoms with van der Waals surface area (Å²) in [5.41, 5.74) is 0.738. The Balaban J connectivity index is 1.76. The van der Waals surface area contributed by atoms with Gasteiger partial charge in [-0.2, -0.15) is 0 Å². The third-order valence-corrected chi connectivity index (χ3v) is 11.2. The van der Waals surface area contributed by atoms with E-state index < -0.39 is 34.2 Å². The minimum absolute atomic E-state index is 0.0710. The first kappa shape index (κ1) is 27.0. The number of aliphatic hydroxyl groups excluding tert-OH is 1. The average molecular weight is 499 g/mol. The molecule has 6 heteroatoms. The van der Waals surface area contributed by atoms with Crippen molar-refractivity contribution in [2.45, 2.75) is 99.5 Å². The maximum absolute atomic E-state index is 14.0. The van der Waals surface area contributed by atoms with E-state index in [4.69, 9.17) is 5.11 Å². The lowest BCUT2D eigenvalue weighted by Crippen LogP contribution is -2.57. The van der Waals surface area contributed by atoms with Crippen molar-refractivity contribution in [2.75, 3.05) is 0 Å². The fraction of sp³-hybridized carbons (Fsp3) is 0.733. The van der Waals surface area contributed by atoms with Gasteiger partial charge in [-0.3, -0.25) is 19.2 Å². The van der Waals surface area contributed by atoms with Crippen molar-refractivity contribution in [3.63, 3.8) is 0 Å². The molecule has 4 rings (SSSR count). The van der Waals surface area contributed by atoms with E-state index in [0.29, 0.717) is 32.1 Å². The van der Waals surface area contributed by atoms with Gasteiger partial charge in [-0.25, -0.2) is 0 Å². The second-order valence-electron chi connectivity index (χ2n) is 13.3. The second kappa shape index (κ2) is 8.47. The number of fused-ring (bicyclic) bond motifs is 4. The van der Waals surface area contributed by atoms with Crippen LogP contribution < -0.4 is 0 Å². The number of hydrogen-bond acceptors (Lipinski definition) is 5. The smallest absolute Gasteiger partial charge is 0.306 e. The Hall–Kier alpha value is -2.08. The van der Waals surface area contributed by atoms with Crippen LogP contribution in [-0.2, 0) is 19.2 Å². The van der Waals surface area contributed by atoms with Crippen LogP contribution in [0.25, 0.3) is 0 Å². The number of allylic oxidation sites excluding steroid dienone is 3. The zero-order valence-corrected chi connectivity index (χ0v) is 22.9. The highest BCUT2D eigenvalue weighted by molar-refractivity contribution is 6.01. The molecule has 0 aromatic rings. The molecule has 2 fully saturated rings. The van der Waals surface area contributed by atoms with Crippen molar-refractivity contribution in [3.8, 4) is 0 Å². The quantitative estimate of drug-likeness (QED) is 0.512. The molecule has 0 bridgehead atoms. The Morgan fingerprint density at radius 1 is 1.11 bits per heavy atom. The summed E-state index contributed by atoms with van der Waals surface area (Å²) < 4.78 is 0. The van der Waals surface area contributed by atoms with E-state index in [1.165, 1.54) is 13.0 Å². The van der Waals surface area contributed by atoms with Crippen LogP contribution in [-0.4, -0.2) is 39.6 Å². The van der Waals surface area contributed by atoms with Crippen molar-refractivity contribution in [1.29, 1.82) is 0 Å². The van der Waals surface area contributed by atoms with Crippen molar-refractivity contribution in [3.05, 3.63) is 22.8 Å². The van der Waals surface area contributed by atoms with E-state index in [9.17, 15) is 24.3 Å². The Kier molecular flexibility index (Phi) is 6.35. The molecule has 0 aromatic carbocycles. The third kappa shape index (κ3) is 3.53. The van der Waals surface area contributed by atoms with Gasteiger partial charge in [0.2, 0.25) is 0 Å². The van der Waals surface area contributed by atoms with Gasteiger partial charge in [-0.15, -0.1) is 0 Å². The fourth-order valence-electron chi connectivity index (χ4n) is 8.83. The predicted octanol–water partition coefficient (Wildman–Crippen LogP) is 5.08. The number of aliphatic hydroxyl groups is 1. The molecule has 0 spiro atoms. The number of hydrogen-bond donors (Lipinski definition) is 2. The lowest BCUT2D eigenvalue weighted by Gasteiger charge is -2.60. The number of carboxylic acid groups (broad SMARTS) is 1. The van der Waals surface area contributed by atoms with Crippen LogP contribution in [0.2, 0.25) is 0 Å². The molecular weight excluding hydrogens is 456 g/mol. The number of carbonyl (C=O) groups excluding carboxylic acids is 3. The van der Waals surface area contributed by atoms with Gasteiger partial charge >= 0.3 is 5.97 Å². The molecule has 0 amide bonds. The van der Waals surface area contributed by atoms with Crippen molar-refractivity contribution in [2.24, 2.45) is 39.4 Å². The van der Waals surface area contributed by atoms with Gasteiger partial charge in [0.05, 0.1) is 12.0 Å². The number of ketones is 3. The second-order valence-corrected chi connectivity index (χ2v) is 13.3. The standard InChI is InChI=1S/C30H42O6/c1-16(12-18(31)13-17(2)26(35)36)20-14-24(34)30(7)19-8-9-22-27(3,4)23(33)10-11-28(22,5)25(19)21(32)15-29(20,30)6/h12,17,20,22,24,34H,8-11,13-15H2,1-7H3,(H,35,36)/t17?,20-,22+,24+,28+,29-,30-/m1/s1. The molecule has 0 aliphatic heterocycles. The lowest BCUT2D eigenvalue weighted by atomic mass is 9.43. The maximum Gasteiger partial charge on any atom is 0.306 e. The molecule has 0 saturated heterocycles. The van der Waals surface area contributed by atoms with Crippen LogP contribution in [0.3, 0.4) is 0 Å². The maximum atomic E-state index is 14.0. The molecular formula is C30H42O6. The van der Waals surface area contributed by atoms with Crippen molar-refractivity contribution in [1.82, 2.24) is 0 Å². The Bertz CT molecular complexity index is 1090. The summed E-state index contributed by atoms with van der Waals surface area (Å²) in [6.45, 7) is 13.8. The van der Waals surface area contributed by atoms with Gasteiger partial charge in [-0.1, -0.05) is 52.7 Å². The minimum Gasteiger partial charge on any atom is -0.481 e. The normalized spacial score (nSPS) is 40.9. The molecule has 4 aliphatic rings. The summed E-state index contributed by atoms with van der Waals surface area (Å²) in [5, 5.41) is 20.7. The molecule has 0 aromatic heterocycles. The number of aliphatic carboxylic acids is 1. The number of Topliss-reactive ketones (excluding diaryl/α,β-unsaturated/α-hetero) is 2. The summed E-state index contributed by atoms with van der Waals surface area (Å²) in [7, 11) is 0. The SMILES string of the molecule is CC(=CC(=O)CC(C)C(=O)O)[C@H]1C[C@H](O)[C@@]2(C)C3=C(C(=O)C[C@]12C)[C@@]1(C)CCC(=O)C(C)(C)[C@@H]1CC3. The lowest BCUT2D eigenvalue weighted by molar-refractivity contribution is -0.142. The highest BCUT2D eigenvalue weighted by Crippen LogP contribution is 2.71. The van der Waals surface area contributed by atoms with Crippen LogP contribution in [0, 0.1) is 39.4 Å². The van der Waals surface area contributed by atoms with E-state index in [2.05, 4.69) is 20.8 Å².